The van der Waals surface area contributed by atoms with Gasteiger partial charge in [0.2, 0.25) is 0 Å². The summed E-state index contributed by atoms with van der Waals surface area (Å²) in [6, 6.07) is 0. The van der Waals surface area contributed by atoms with Crippen molar-refractivity contribution in [1.29, 1.82) is 0 Å². The van der Waals surface area contributed by atoms with Crippen LogP contribution in [0, 0.1) is 0 Å². The predicted octanol–water partition coefficient (Wildman–Crippen LogP) is 0.205. The summed E-state index contributed by atoms with van der Waals surface area (Å²) >= 11 is 0. The van der Waals surface area contributed by atoms with Crippen LogP contribution >= 0.6 is 0 Å². The van der Waals surface area contributed by atoms with E-state index in [1.54, 1.807) is 0 Å². The van der Waals surface area contributed by atoms with Crippen LogP contribution < -0.4 is 12.3 Å². The molecule has 0 radical (unpaired) electrons. The van der Waals surface area contributed by atoms with Crippen molar-refractivity contribution in [3.05, 3.63) is 0 Å². The van der Waals surface area contributed by atoms with Crippen molar-refractivity contribution in [2.24, 2.45) is 0 Å². The molecule has 0 unspecified atom stereocenters. The van der Waals surface area contributed by atoms with E-state index in [1.165, 1.54) is 0 Å². The largest absolute Gasteiger partial charge is 0.344 e. The Balaban J connectivity index is -0.0000000450. The smallest absolute Gasteiger partial charge is 0.0395 e. The summed E-state index contributed by atoms with van der Waals surface area (Å²) in [6.07, 6.45) is 0. The van der Waals surface area contributed by atoms with E-state index >= 15 is 0 Å². The minimum atomic E-state index is 0. The van der Waals surface area contributed by atoms with E-state index in [0.29, 0.717) is 0 Å². The molecular weight excluding hydrogens is 92.0 g/mol. The average molecular weight is 100 g/mol. The van der Waals surface area contributed by atoms with Gasteiger partial charge in [0, 0.05) is 0 Å². The molecule has 0 atom stereocenters. The van der Waals surface area contributed by atoms with Gasteiger partial charge in [0.15, 0.2) is 0 Å². The molecule has 6 nitrogen and oxygen atoms in total. The lowest BCUT2D eigenvalue weighted by Crippen LogP contribution is -1.75. The molecule has 0 aromatic heterocycles. The third kappa shape index (κ3) is 49.6. The number of hydrogen-bond donors (Lipinski definition) is 4. The summed E-state index contributed by atoms with van der Waals surface area (Å²) < 4.78 is 0. The Labute approximate surface area is 34.2 Å². The summed E-state index contributed by atoms with van der Waals surface area (Å²) in [5, 5.41) is 19.0. The fraction of sp³-hybridized carbons (Fsp3) is 0. The van der Waals surface area contributed by atoms with Crippen LogP contribution in [0.3, 0.4) is 0 Å². The molecular formula is H8N2O4. The van der Waals surface area contributed by atoms with Gasteiger partial charge in [-0.15, -0.1) is 0 Å². The Morgan fingerprint density at radius 1 is 0.833 bits per heavy atom. The zero-order valence-electron chi connectivity index (χ0n) is 3.13. The lowest BCUT2D eigenvalue weighted by molar-refractivity contribution is -0.611. The Morgan fingerprint density at radius 3 is 1.00 bits per heavy atom. The topological polar surface area (TPSA) is 129 Å². The van der Waals surface area contributed by atoms with E-state index in [1.807, 2.05) is 0 Å². The first-order valence-electron chi connectivity index (χ1n) is 0.532. The maximum Gasteiger partial charge on any atom is -0.0395 e. The van der Waals surface area contributed by atoms with E-state index in [9.17, 15) is 0 Å². The zero-order valence-corrected chi connectivity index (χ0v) is 3.13. The van der Waals surface area contributed by atoms with Crippen molar-refractivity contribution in [3.8, 4) is 0 Å². The molecule has 0 aromatic carbocycles. The minimum absolute atomic E-state index is 0. The average Bonchev–Trinajstić information content (AvgIpc) is 1.37. The highest BCUT2D eigenvalue weighted by atomic mass is 17.6. The third-order valence-electron chi connectivity index (χ3n) is 0.0333. The van der Waals surface area contributed by atoms with Crippen molar-refractivity contribution in [3.63, 3.8) is 0 Å². The molecule has 0 saturated carbocycles. The molecule has 6 heavy (non-hydrogen) atoms. The summed E-state index contributed by atoms with van der Waals surface area (Å²) in [4.78, 5) is 0. The second-order valence-corrected chi connectivity index (χ2v) is 0.149. The maximum atomic E-state index is 6.90. The van der Waals surface area contributed by atoms with Crippen LogP contribution in [0.25, 0.3) is 0 Å². The SMILES string of the molecule is N.N.OOOO. The monoisotopic (exact) mass is 100 g/mol. The quantitative estimate of drug-likeness (QED) is 0.275. The minimum Gasteiger partial charge on any atom is -0.344 e. The van der Waals surface area contributed by atoms with E-state index in [4.69, 9.17) is 10.5 Å². The molecule has 0 amide bonds. The van der Waals surface area contributed by atoms with E-state index in [-0.39, 0.29) is 12.3 Å². The standard InChI is InChI=1S/2H3N.H2O4/c;;1-3-4-2/h2*1H3;1-2H. The van der Waals surface area contributed by atoms with Gasteiger partial charge in [0.1, 0.15) is 0 Å². The van der Waals surface area contributed by atoms with Gasteiger partial charge in [-0.3, -0.25) is 0 Å². The highest BCUT2D eigenvalue weighted by Gasteiger charge is 1.53. The van der Waals surface area contributed by atoms with Crippen LogP contribution in [0.15, 0.2) is 0 Å². The molecule has 0 bridgehead atoms. The molecule has 0 aliphatic rings. The molecule has 0 heterocycles. The Bertz CT molecular complexity index is 7.51. The van der Waals surface area contributed by atoms with Gasteiger partial charge in [-0.1, -0.05) is 0 Å². The second kappa shape index (κ2) is 21.7. The zero-order chi connectivity index (χ0) is 3.41. The Hall–Kier alpha value is -0.240. The molecule has 0 aliphatic carbocycles. The van der Waals surface area contributed by atoms with Gasteiger partial charge < -0.3 is 12.3 Å². The molecule has 0 saturated heterocycles. The third-order valence-corrected chi connectivity index (χ3v) is 0.0333. The van der Waals surface area contributed by atoms with Crippen molar-refractivity contribution in [2.75, 3.05) is 0 Å². The molecule has 0 spiro atoms. The molecule has 0 aromatic rings. The molecule has 0 fully saturated rings. The molecule has 6 heteroatoms. The lowest BCUT2D eigenvalue weighted by atomic mass is 14.0. The molecule has 0 rings (SSSR count). The first-order valence-corrected chi connectivity index (χ1v) is 0.532. The van der Waals surface area contributed by atoms with Gasteiger partial charge in [0.25, 0.3) is 0 Å². The summed E-state index contributed by atoms with van der Waals surface area (Å²) in [5.41, 5.74) is 0. The highest BCUT2D eigenvalue weighted by molar-refractivity contribution is 2.64. The highest BCUT2D eigenvalue weighted by Crippen LogP contribution is 1.49. The summed E-state index contributed by atoms with van der Waals surface area (Å²) in [6.45, 7) is 0. The first kappa shape index (κ1) is 17.1. The summed E-state index contributed by atoms with van der Waals surface area (Å²) in [5.74, 6) is 0. The predicted molar refractivity (Wildman–Crippen MR) is 17.5 cm³/mol. The van der Waals surface area contributed by atoms with Gasteiger partial charge >= 0.3 is 0 Å². The van der Waals surface area contributed by atoms with Gasteiger partial charge in [0.05, 0.1) is 0 Å². The van der Waals surface area contributed by atoms with Gasteiger partial charge in [-0.25, -0.2) is 10.5 Å². The Morgan fingerprint density at radius 2 is 1.00 bits per heavy atom. The van der Waals surface area contributed by atoms with Crippen molar-refractivity contribution in [2.45, 2.75) is 0 Å². The normalized spacial score (nSPS) is 5.00. The lowest BCUT2D eigenvalue weighted by Gasteiger charge is -1.71. The van der Waals surface area contributed by atoms with Gasteiger partial charge in [-0.2, -0.15) is 0 Å². The Kier molecular flexibility index (Phi) is 62.0. The van der Waals surface area contributed by atoms with Crippen LogP contribution in [0.5, 0.6) is 0 Å². The molecule has 0 aliphatic heterocycles. The summed E-state index contributed by atoms with van der Waals surface area (Å²) in [7, 11) is 0. The first-order chi connectivity index (χ1) is 1.91. The van der Waals surface area contributed by atoms with Crippen LogP contribution in [0.1, 0.15) is 0 Å². The fourth-order valence-electron chi connectivity index (χ4n) is 0. The number of rotatable bonds is 1. The second-order valence-electron chi connectivity index (χ2n) is 0.149. The number of hydrogen-bond acceptors (Lipinski definition) is 6. The van der Waals surface area contributed by atoms with Gasteiger partial charge in [-0.05, 0) is 10.1 Å². The van der Waals surface area contributed by atoms with Crippen LogP contribution in [0.4, 0.5) is 0 Å². The molecule has 42 valence electrons. The van der Waals surface area contributed by atoms with E-state index in [0.717, 1.165) is 0 Å². The van der Waals surface area contributed by atoms with Crippen molar-refractivity contribution >= 4 is 0 Å². The van der Waals surface area contributed by atoms with Crippen molar-refractivity contribution in [1.82, 2.24) is 12.3 Å². The van der Waals surface area contributed by atoms with Crippen LogP contribution in [0.2, 0.25) is 0 Å². The van der Waals surface area contributed by atoms with E-state index in [2.05, 4.69) is 10.1 Å². The van der Waals surface area contributed by atoms with Crippen LogP contribution in [-0.2, 0) is 10.1 Å². The molecule has 8 N–H and O–H groups in total. The van der Waals surface area contributed by atoms with E-state index < -0.39 is 0 Å². The maximum absolute atomic E-state index is 6.90. The van der Waals surface area contributed by atoms with Crippen LogP contribution in [-0.4, -0.2) is 10.5 Å². The fourth-order valence-corrected chi connectivity index (χ4v) is 0. The van der Waals surface area contributed by atoms with Crippen molar-refractivity contribution < 1.29 is 20.6 Å².